The van der Waals surface area contributed by atoms with Crippen LogP contribution in [-0.4, -0.2) is 66.0 Å². The zero-order valence-electron chi connectivity index (χ0n) is 8.37. The van der Waals surface area contributed by atoms with Gasteiger partial charge >= 0.3 is 12.1 Å². The lowest BCUT2D eigenvalue weighted by molar-refractivity contribution is -0.147. The van der Waals surface area contributed by atoms with E-state index < -0.39 is 32.3 Å². The highest BCUT2D eigenvalue weighted by Gasteiger charge is 1.97. The van der Waals surface area contributed by atoms with Crippen molar-refractivity contribution in [3.05, 3.63) is 0 Å². The first-order chi connectivity index (χ1) is 7.62. The van der Waals surface area contributed by atoms with E-state index in [-0.39, 0.29) is 13.2 Å². The van der Waals surface area contributed by atoms with Gasteiger partial charge in [0.15, 0.2) is 13.6 Å². The fourth-order valence-electron chi connectivity index (χ4n) is 0.352. The summed E-state index contributed by atoms with van der Waals surface area (Å²) >= 11 is 0. The molecule has 0 aliphatic rings. The van der Waals surface area contributed by atoms with Gasteiger partial charge in [0.25, 0.3) is 0 Å². The largest absolute Gasteiger partial charge is 0.512 e. The minimum absolute atomic E-state index is 0.0423. The van der Waals surface area contributed by atoms with Crippen LogP contribution >= 0.6 is 0 Å². The molecule has 0 radical (unpaired) electrons. The van der Waals surface area contributed by atoms with E-state index >= 15 is 0 Å². The Labute approximate surface area is 90.8 Å². The Morgan fingerprint density at radius 2 is 1.38 bits per heavy atom. The van der Waals surface area contributed by atoms with Gasteiger partial charge in [-0.15, -0.1) is 0 Å². The van der Waals surface area contributed by atoms with Crippen molar-refractivity contribution in [1.29, 1.82) is 0 Å². The van der Waals surface area contributed by atoms with Gasteiger partial charge in [-0.1, -0.05) is 0 Å². The van der Waals surface area contributed by atoms with Crippen LogP contribution in [0.3, 0.4) is 0 Å². The van der Waals surface area contributed by atoms with Gasteiger partial charge in [-0.05, 0) is 0 Å². The number of carbonyl (C=O) groups is 2. The molecule has 0 saturated carbocycles. The van der Waals surface area contributed by atoms with Gasteiger partial charge < -0.3 is 34.6 Å². The van der Waals surface area contributed by atoms with E-state index in [9.17, 15) is 9.59 Å². The summed E-state index contributed by atoms with van der Waals surface area (Å²) in [4.78, 5) is 19.9. The number of ether oxygens (including phenoxy) is 3. The minimum atomic E-state index is -1.09. The normalized spacial score (nSPS) is 8.50. The molecule has 0 saturated heterocycles. The molecular weight excluding hydrogens is 228 g/mol. The molecule has 0 rings (SSSR count). The van der Waals surface area contributed by atoms with Crippen LogP contribution in [0.1, 0.15) is 0 Å². The van der Waals surface area contributed by atoms with Crippen molar-refractivity contribution in [2.24, 2.45) is 0 Å². The van der Waals surface area contributed by atoms with Crippen molar-refractivity contribution in [1.82, 2.24) is 0 Å². The SMILES string of the molecule is O=C(CO)OCCO.O=C(OCO)OCO. The summed E-state index contributed by atoms with van der Waals surface area (Å²) in [5.74, 6) is -0.709. The molecule has 0 heterocycles. The summed E-state index contributed by atoms with van der Waals surface area (Å²) in [5.41, 5.74) is 0. The lowest BCUT2D eigenvalue weighted by Gasteiger charge is -1.97. The van der Waals surface area contributed by atoms with Crippen LogP contribution in [0.4, 0.5) is 4.79 Å². The van der Waals surface area contributed by atoms with Gasteiger partial charge in [-0.3, -0.25) is 0 Å². The summed E-state index contributed by atoms with van der Waals surface area (Å²) < 4.78 is 11.8. The van der Waals surface area contributed by atoms with Crippen LogP contribution in [0.15, 0.2) is 0 Å². The molecule has 0 unspecified atom stereocenters. The van der Waals surface area contributed by atoms with Crippen LogP contribution in [0.25, 0.3) is 0 Å². The molecule has 0 aromatic carbocycles. The van der Waals surface area contributed by atoms with Crippen molar-refractivity contribution in [3.8, 4) is 0 Å². The first-order valence-corrected chi connectivity index (χ1v) is 4.01. The van der Waals surface area contributed by atoms with Crippen molar-refractivity contribution < 1.29 is 44.2 Å². The average Bonchev–Trinajstić information content (AvgIpc) is 2.27. The number of rotatable bonds is 5. The Hall–Kier alpha value is -1.42. The Bertz CT molecular complexity index is 173. The maximum Gasteiger partial charge on any atom is 0.512 e. The van der Waals surface area contributed by atoms with Gasteiger partial charge in [0.2, 0.25) is 0 Å². The Morgan fingerprint density at radius 3 is 1.69 bits per heavy atom. The molecule has 0 aliphatic heterocycles. The Kier molecular flexibility index (Phi) is 14.4. The molecule has 0 fully saturated rings. The number of carbonyl (C=O) groups excluding carboxylic acids is 2. The van der Waals surface area contributed by atoms with Gasteiger partial charge in [0, 0.05) is 0 Å². The molecule has 9 heteroatoms. The van der Waals surface area contributed by atoms with Crippen molar-refractivity contribution in [3.63, 3.8) is 0 Å². The summed E-state index contributed by atoms with van der Waals surface area (Å²) in [7, 11) is 0. The Balaban J connectivity index is 0. The van der Waals surface area contributed by atoms with Crippen molar-refractivity contribution in [2.45, 2.75) is 0 Å². The lowest BCUT2D eigenvalue weighted by atomic mass is 10.7. The topological polar surface area (TPSA) is 143 Å². The second kappa shape index (κ2) is 13.6. The van der Waals surface area contributed by atoms with E-state index in [1.165, 1.54) is 0 Å². The fourth-order valence-corrected chi connectivity index (χ4v) is 0.352. The van der Waals surface area contributed by atoms with Crippen molar-refractivity contribution >= 4 is 12.1 Å². The molecule has 0 amide bonds. The maximum absolute atomic E-state index is 9.99. The van der Waals surface area contributed by atoms with Crippen LogP contribution in [0, 0.1) is 0 Å². The highest BCUT2D eigenvalue weighted by Crippen LogP contribution is 1.79. The molecule has 0 aromatic rings. The van der Waals surface area contributed by atoms with Gasteiger partial charge in [-0.2, -0.15) is 0 Å². The first-order valence-electron chi connectivity index (χ1n) is 4.01. The molecule has 0 aliphatic carbocycles. The van der Waals surface area contributed by atoms with Crippen LogP contribution in [0.5, 0.6) is 0 Å². The van der Waals surface area contributed by atoms with E-state index in [0.29, 0.717) is 0 Å². The van der Waals surface area contributed by atoms with Crippen LogP contribution < -0.4 is 0 Å². The lowest BCUT2D eigenvalue weighted by Crippen LogP contribution is -2.11. The summed E-state index contributed by atoms with van der Waals surface area (Å²) in [6.45, 7) is -2.34. The highest BCUT2D eigenvalue weighted by molar-refractivity contribution is 5.70. The zero-order valence-corrected chi connectivity index (χ0v) is 8.37. The van der Waals surface area contributed by atoms with E-state index in [2.05, 4.69) is 14.2 Å². The second-order valence-corrected chi connectivity index (χ2v) is 1.90. The third kappa shape index (κ3) is 15.1. The predicted molar refractivity (Wildman–Crippen MR) is 46.9 cm³/mol. The van der Waals surface area contributed by atoms with Gasteiger partial charge in [-0.25, -0.2) is 9.59 Å². The molecule has 16 heavy (non-hydrogen) atoms. The van der Waals surface area contributed by atoms with Crippen LogP contribution in [0.2, 0.25) is 0 Å². The second-order valence-electron chi connectivity index (χ2n) is 1.90. The molecule has 0 bridgehead atoms. The standard InChI is InChI=1S/C4H8O4.C3H6O5/c5-1-2-8-4(7)3-6;4-1-7-3(6)8-2-5/h5-6H,1-3H2;4-5H,1-2H2. The quantitative estimate of drug-likeness (QED) is 0.305. The molecule has 9 nitrogen and oxygen atoms in total. The third-order valence-electron chi connectivity index (χ3n) is 0.848. The van der Waals surface area contributed by atoms with Crippen LogP contribution in [-0.2, 0) is 19.0 Å². The number of aliphatic hydroxyl groups excluding tert-OH is 4. The van der Waals surface area contributed by atoms with Gasteiger partial charge in [0.1, 0.15) is 13.2 Å². The molecule has 0 aromatic heterocycles. The van der Waals surface area contributed by atoms with E-state index in [1.54, 1.807) is 0 Å². The fraction of sp³-hybridized carbons (Fsp3) is 0.714. The maximum atomic E-state index is 9.99. The number of hydrogen-bond donors (Lipinski definition) is 4. The first kappa shape index (κ1) is 17.0. The number of aliphatic hydroxyl groups is 4. The molecular formula is C7H14O9. The smallest absolute Gasteiger partial charge is 0.462 e. The average molecular weight is 242 g/mol. The molecule has 0 spiro atoms. The Morgan fingerprint density at radius 1 is 0.875 bits per heavy atom. The minimum Gasteiger partial charge on any atom is -0.462 e. The molecule has 4 N–H and O–H groups in total. The van der Waals surface area contributed by atoms with E-state index in [0.717, 1.165) is 0 Å². The highest BCUT2D eigenvalue weighted by atomic mass is 16.8. The van der Waals surface area contributed by atoms with E-state index in [1.807, 2.05) is 0 Å². The van der Waals surface area contributed by atoms with Crippen molar-refractivity contribution in [2.75, 3.05) is 33.4 Å². The van der Waals surface area contributed by atoms with E-state index in [4.69, 9.17) is 20.4 Å². The predicted octanol–water partition coefficient (Wildman–Crippen LogP) is -2.45. The third-order valence-corrected chi connectivity index (χ3v) is 0.848. The number of esters is 1. The van der Waals surface area contributed by atoms with Gasteiger partial charge in [0.05, 0.1) is 6.61 Å². The molecule has 96 valence electrons. The summed E-state index contributed by atoms with van der Waals surface area (Å²) in [5, 5.41) is 31.8. The number of hydrogen-bond acceptors (Lipinski definition) is 9. The summed E-state index contributed by atoms with van der Waals surface area (Å²) in [6.07, 6.45) is -1.09. The monoisotopic (exact) mass is 242 g/mol. The summed E-state index contributed by atoms with van der Waals surface area (Å²) in [6, 6.07) is 0. The molecule has 0 atom stereocenters. The zero-order chi connectivity index (χ0) is 12.8.